The lowest BCUT2D eigenvalue weighted by molar-refractivity contribution is -0.126. The third-order valence-electron chi connectivity index (χ3n) is 6.17. The molecule has 0 radical (unpaired) electrons. The minimum absolute atomic E-state index is 0.0354. The molecule has 2 saturated heterocycles. The zero-order chi connectivity index (χ0) is 20.9. The van der Waals surface area contributed by atoms with E-state index in [0.717, 1.165) is 23.3 Å². The van der Waals surface area contributed by atoms with Crippen LogP contribution in [0.5, 0.6) is 0 Å². The van der Waals surface area contributed by atoms with Gasteiger partial charge in [0.25, 0.3) is 5.91 Å². The number of carbonyl (C=O) groups excluding carboxylic acids is 2. The fraction of sp³-hybridized carbons (Fsp3) is 0.478. The number of hydrogen-bond acceptors (Lipinski definition) is 4. The Labute approximate surface area is 185 Å². The van der Waals surface area contributed by atoms with Gasteiger partial charge in [-0.25, -0.2) is 0 Å². The maximum absolute atomic E-state index is 12.8. The van der Waals surface area contributed by atoms with Crippen molar-refractivity contribution >= 4 is 27.7 Å². The standard InChI is InChI=1S/C23H28BrN3O3/c24-19-7-5-18(6-8-19)23(29)27-13-9-17(10-14-27)22(28)25-16-20(21-4-3-15-30-21)26-11-1-2-12-26/h3-8,15,17,20H,1-2,9-14,16H2,(H,25,28)/t20-/m0/s1. The van der Waals surface area contributed by atoms with Crippen LogP contribution in [0.3, 0.4) is 0 Å². The van der Waals surface area contributed by atoms with Crippen molar-refractivity contribution in [3.05, 3.63) is 58.5 Å². The highest BCUT2D eigenvalue weighted by Crippen LogP contribution is 2.26. The molecule has 6 nitrogen and oxygen atoms in total. The van der Waals surface area contributed by atoms with Crippen LogP contribution in [-0.4, -0.2) is 54.3 Å². The Morgan fingerprint density at radius 2 is 1.77 bits per heavy atom. The number of halogens is 1. The highest BCUT2D eigenvalue weighted by molar-refractivity contribution is 9.10. The second-order valence-corrected chi connectivity index (χ2v) is 9.01. The predicted molar refractivity (Wildman–Crippen MR) is 118 cm³/mol. The number of rotatable bonds is 6. The second-order valence-electron chi connectivity index (χ2n) is 8.09. The summed E-state index contributed by atoms with van der Waals surface area (Å²) >= 11 is 3.39. The van der Waals surface area contributed by atoms with Crippen LogP contribution in [0.4, 0.5) is 0 Å². The number of carbonyl (C=O) groups is 2. The summed E-state index contributed by atoms with van der Waals surface area (Å²) in [6.07, 6.45) is 5.47. The molecule has 1 atom stereocenters. The fourth-order valence-corrected chi connectivity index (χ4v) is 4.67. The molecule has 30 heavy (non-hydrogen) atoms. The summed E-state index contributed by atoms with van der Waals surface area (Å²) in [5.41, 5.74) is 0.688. The zero-order valence-corrected chi connectivity index (χ0v) is 18.6. The highest BCUT2D eigenvalue weighted by Gasteiger charge is 2.30. The van der Waals surface area contributed by atoms with Gasteiger partial charge in [0.15, 0.2) is 0 Å². The van der Waals surface area contributed by atoms with Crippen molar-refractivity contribution in [2.24, 2.45) is 5.92 Å². The fourth-order valence-electron chi connectivity index (χ4n) is 4.41. The SMILES string of the molecule is O=C(NC[C@@H](c1ccco1)N1CCCC1)C1CCN(C(=O)c2ccc(Br)cc2)CC1. The van der Waals surface area contributed by atoms with Gasteiger partial charge in [-0.3, -0.25) is 14.5 Å². The first-order chi connectivity index (χ1) is 14.6. The Morgan fingerprint density at radius 3 is 2.40 bits per heavy atom. The number of hydrogen-bond donors (Lipinski definition) is 1. The molecule has 1 aromatic heterocycles. The molecular weight excluding hydrogens is 446 g/mol. The number of nitrogens with zero attached hydrogens (tertiary/aromatic N) is 2. The molecule has 2 aliphatic rings. The first kappa shape index (κ1) is 21.1. The minimum atomic E-state index is -0.0465. The van der Waals surface area contributed by atoms with Gasteiger partial charge in [-0.1, -0.05) is 15.9 Å². The van der Waals surface area contributed by atoms with Crippen molar-refractivity contribution < 1.29 is 14.0 Å². The first-order valence-electron chi connectivity index (χ1n) is 10.7. The number of piperidine rings is 1. The molecule has 2 amide bonds. The molecule has 7 heteroatoms. The van der Waals surface area contributed by atoms with Gasteiger partial charge in [-0.2, -0.15) is 0 Å². The number of benzene rings is 1. The molecule has 0 spiro atoms. The van der Waals surface area contributed by atoms with Crippen molar-refractivity contribution in [2.45, 2.75) is 31.7 Å². The van der Waals surface area contributed by atoms with Crippen LogP contribution in [0.1, 0.15) is 47.8 Å². The molecular formula is C23H28BrN3O3. The van der Waals surface area contributed by atoms with Gasteiger partial charge in [0.2, 0.25) is 5.91 Å². The number of furan rings is 1. The van der Waals surface area contributed by atoms with E-state index in [9.17, 15) is 9.59 Å². The molecule has 3 heterocycles. The van der Waals surface area contributed by atoms with E-state index >= 15 is 0 Å². The summed E-state index contributed by atoms with van der Waals surface area (Å²) in [6.45, 7) is 3.86. The second kappa shape index (κ2) is 9.79. The van der Waals surface area contributed by atoms with Crippen molar-refractivity contribution in [3.63, 3.8) is 0 Å². The monoisotopic (exact) mass is 473 g/mol. The predicted octanol–water partition coefficient (Wildman–Crippen LogP) is 3.85. The van der Waals surface area contributed by atoms with Crippen LogP contribution in [-0.2, 0) is 4.79 Å². The molecule has 0 bridgehead atoms. The van der Waals surface area contributed by atoms with Gasteiger partial charge >= 0.3 is 0 Å². The largest absolute Gasteiger partial charge is 0.468 e. The number of likely N-dealkylation sites (tertiary alicyclic amines) is 2. The Morgan fingerprint density at radius 1 is 1.07 bits per heavy atom. The summed E-state index contributed by atoms with van der Waals surface area (Å²) in [5.74, 6) is 0.983. The first-order valence-corrected chi connectivity index (χ1v) is 11.5. The Hall–Kier alpha value is -2.12. The maximum Gasteiger partial charge on any atom is 0.253 e. The van der Waals surface area contributed by atoms with Gasteiger partial charge in [-0.05, 0) is 75.2 Å². The quantitative estimate of drug-likeness (QED) is 0.691. The Kier molecular flexibility index (Phi) is 6.89. The summed E-state index contributed by atoms with van der Waals surface area (Å²) < 4.78 is 6.59. The van der Waals surface area contributed by atoms with Gasteiger partial charge < -0.3 is 14.6 Å². The summed E-state index contributed by atoms with van der Waals surface area (Å²) in [4.78, 5) is 29.7. The third kappa shape index (κ3) is 4.95. The zero-order valence-electron chi connectivity index (χ0n) is 17.1. The molecule has 2 aromatic rings. The minimum Gasteiger partial charge on any atom is -0.468 e. The molecule has 4 rings (SSSR count). The molecule has 2 aliphatic heterocycles. The highest BCUT2D eigenvalue weighted by atomic mass is 79.9. The molecule has 1 aromatic carbocycles. The molecule has 2 fully saturated rings. The van der Waals surface area contributed by atoms with Crippen molar-refractivity contribution in [3.8, 4) is 0 Å². The normalized spacial score (nSPS) is 19.0. The van der Waals surface area contributed by atoms with Crippen LogP contribution < -0.4 is 5.32 Å². The average molecular weight is 474 g/mol. The van der Waals surface area contributed by atoms with E-state index in [2.05, 4.69) is 26.1 Å². The average Bonchev–Trinajstić information content (AvgIpc) is 3.49. The summed E-state index contributed by atoms with van der Waals surface area (Å²) in [7, 11) is 0. The van der Waals surface area contributed by atoms with E-state index in [1.54, 1.807) is 6.26 Å². The van der Waals surface area contributed by atoms with Crippen molar-refractivity contribution in [1.29, 1.82) is 0 Å². The van der Waals surface area contributed by atoms with Gasteiger partial charge in [0.1, 0.15) is 5.76 Å². The molecule has 0 saturated carbocycles. The molecule has 1 N–H and O–H groups in total. The van der Waals surface area contributed by atoms with Crippen LogP contribution >= 0.6 is 15.9 Å². The van der Waals surface area contributed by atoms with Crippen molar-refractivity contribution in [2.75, 3.05) is 32.7 Å². The molecule has 160 valence electrons. The van der Waals surface area contributed by atoms with Crippen molar-refractivity contribution in [1.82, 2.24) is 15.1 Å². The van der Waals surface area contributed by atoms with Crippen LogP contribution in [0.15, 0.2) is 51.6 Å². The van der Waals surface area contributed by atoms with Crippen LogP contribution in [0, 0.1) is 5.92 Å². The summed E-state index contributed by atoms with van der Waals surface area (Å²) in [6, 6.07) is 11.4. The lowest BCUT2D eigenvalue weighted by atomic mass is 9.95. The third-order valence-corrected chi connectivity index (χ3v) is 6.70. The summed E-state index contributed by atoms with van der Waals surface area (Å²) in [5, 5.41) is 3.15. The lowest BCUT2D eigenvalue weighted by Crippen LogP contribution is -2.44. The van der Waals surface area contributed by atoms with Crippen LogP contribution in [0.2, 0.25) is 0 Å². The van der Waals surface area contributed by atoms with E-state index < -0.39 is 0 Å². The Balaban J connectivity index is 1.28. The van der Waals surface area contributed by atoms with Crippen LogP contribution in [0.25, 0.3) is 0 Å². The maximum atomic E-state index is 12.8. The molecule has 0 unspecified atom stereocenters. The van der Waals surface area contributed by atoms with E-state index in [4.69, 9.17) is 4.42 Å². The topological polar surface area (TPSA) is 65.8 Å². The van der Waals surface area contributed by atoms with Gasteiger partial charge in [0, 0.05) is 35.6 Å². The smallest absolute Gasteiger partial charge is 0.253 e. The van der Waals surface area contributed by atoms with Gasteiger partial charge in [-0.15, -0.1) is 0 Å². The van der Waals surface area contributed by atoms with E-state index in [-0.39, 0.29) is 23.8 Å². The van der Waals surface area contributed by atoms with E-state index in [1.807, 2.05) is 41.3 Å². The lowest BCUT2D eigenvalue weighted by Gasteiger charge is -2.32. The van der Waals surface area contributed by atoms with E-state index in [1.165, 1.54) is 12.8 Å². The number of nitrogens with one attached hydrogen (secondary N) is 1. The number of amides is 2. The van der Waals surface area contributed by atoms with E-state index in [0.29, 0.717) is 38.0 Å². The van der Waals surface area contributed by atoms with Gasteiger partial charge in [0.05, 0.1) is 12.3 Å². The molecule has 0 aliphatic carbocycles. The Bertz CT molecular complexity index is 839.